The monoisotopic (exact) mass is 321 g/mol. The summed E-state index contributed by atoms with van der Waals surface area (Å²) in [6, 6.07) is 5.74. The van der Waals surface area contributed by atoms with Gasteiger partial charge in [-0.05, 0) is 57.4 Å². The molecule has 5 nitrogen and oxygen atoms in total. The van der Waals surface area contributed by atoms with Crippen molar-refractivity contribution in [1.29, 1.82) is 0 Å². The molecule has 23 heavy (non-hydrogen) atoms. The molecule has 0 spiro atoms. The van der Waals surface area contributed by atoms with Crippen LogP contribution in [0.3, 0.4) is 0 Å². The molecule has 0 radical (unpaired) electrons. The van der Waals surface area contributed by atoms with Crippen LogP contribution in [0.5, 0.6) is 5.75 Å². The van der Waals surface area contributed by atoms with Crippen molar-refractivity contribution in [3.05, 3.63) is 35.4 Å². The Bertz CT molecular complexity index is 544. The highest BCUT2D eigenvalue weighted by molar-refractivity contribution is 5.67. The smallest absolute Gasteiger partial charge is 0.407 e. The summed E-state index contributed by atoms with van der Waals surface area (Å²) in [5.74, 6) is 0.749. The molecule has 1 aromatic carbocycles. The van der Waals surface area contributed by atoms with E-state index in [1.54, 1.807) is 20.1 Å². The third kappa shape index (κ3) is 7.70. The van der Waals surface area contributed by atoms with Crippen LogP contribution in [-0.2, 0) is 11.2 Å². The van der Waals surface area contributed by atoms with Gasteiger partial charge in [0.05, 0.1) is 13.2 Å². The Morgan fingerprint density at radius 1 is 1.39 bits per heavy atom. The highest BCUT2D eigenvalue weighted by Gasteiger charge is 2.15. The Labute approximate surface area is 138 Å². The molecule has 5 heteroatoms. The highest BCUT2D eigenvalue weighted by Crippen LogP contribution is 2.20. The minimum Gasteiger partial charge on any atom is -0.497 e. The van der Waals surface area contributed by atoms with Gasteiger partial charge >= 0.3 is 6.09 Å². The summed E-state index contributed by atoms with van der Waals surface area (Å²) in [6.07, 6.45) is 3.28. The standard InChI is InChI=1S/C18H27NO4/c1-13(20)6-7-15-12-16(22-5)9-8-14(15)10-11-19-17(21)23-18(2,3)4/h6-9,12-13,20H,10-11H2,1-5H3,(H,19,21)/b7-6+/t13-/m0/s1. The van der Waals surface area contributed by atoms with E-state index in [4.69, 9.17) is 9.47 Å². The SMILES string of the molecule is COc1ccc(CCNC(=O)OC(C)(C)C)c(/C=C/[C@H](C)O)c1. The lowest BCUT2D eigenvalue weighted by molar-refractivity contribution is 0.0528. The van der Waals surface area contributed by atoms with Crippen molar-refractivity contribution in [1.82, 2.24) is 5.32 Å². The van der Waals surface area contributed by atoms with Gasteiger partial charge in [0.15, 0.2) is 0 Å². The van der Waals surface area contributed by atoms with Gasteiger partial charge in [-0.3, -0.25) is 0 Å². The molecule has 1 aromatic rings. The quantitative estimate of drug-likeness (QED) is 0.844. The van der Waals surface area contributed by atoms with Crippen LogP contribution in [-0.4, -0.2) is 36.6 Å². The average molecular weight is 321 g/mol. The van der Waals surface area contributed by atoms with E-state index in [2.05, 4.69) is 5.32 Å². The lowest BCUT2D eigenvalue weighted by atomic mass is 10.0. The van der Waals surface area contributed by atoms with Crippen molar-refractivity contribution in [2.75, 3.05) is 13.7 Å². The number of amides is 1. The van der Waals surface area contributed by atoms with Gasteiger partial charge in [-0.1, -0.05) is 18.2 Å². The third-order valence-electron chi connectivity index (χ3n) is 2.97. The molecule has 2 N–H and O–H groups in total. The van der Waals surface area contributed by atoms with Crippen molar-refractivity contribution < 1.29 is 19.4 Å². The molecule has 1 atom stereocenters. The molecular formula is C18H27NO4. The van der Waals surface area contributed by atoms with Gasteiger partial charge in [0.25, 0.3) is 0 Å². The first-order valence-electron chi connectivity index (χ1n) is 7.71. The van der Waals surface area contributed by atoms with E-state index < -0.39 is 17.8 Å². The maximum absolute atomic E-state index is 11.6. The Morgan fingerprint density at radius 2 is 2.09 bits per heavy atom. The average Bonchev–Trinajstić information content (AvgIpc) is 2.43. The number of methoxy groups -OCH3 is 1. The molecule has 0 saturated carbocycles. The van der Waals surface area contributed by atoms with Crippen LogP contribution >= 0.6 is 0 Å². The zero-order valence-electron chi connectivity index (χ0n) is 14.6. The van der Waals surface area contributed by atoms with Gasteiger partial charge in [0, 0.05) is 6.54 Å². The van der Waals surface area contributed by atoms with Crippen molar-refractivity contribution >= 4 is 12.2 Å². The number of hydrogen-bond donors (Lipinski definition) is 2. The second-order valence-corrected chi connectivity index (χ2v) is 6.34. The summed E-state index contributed by atoms with van der Waals surface area (Å²) >= 11 is 0. The fraction of sp³-hybridized carbons (Fsp3) is 0.500. The predicted octanol–water partition coefficient (Wildman–Crippen LogP) is 3.16. The zero-order chi connectivity index (χ0) is 17.5. The van der Waals surface area contributed by atoms with Crippen LogP contribution in [0, 0.1) is 0 Å². The molecule has 1 amide bonds. The molecule has 0 aliphatic heterocycles. The fourth-order valence-electron chi connectivity index (χ4n) is 1.94. The number of carbonyl (C=O) groups excluding carboxylic acids is 1. The van der Waals surface area contributed by atoms with E-state index in [0.717, 1.165) is 16.9 Å². The number of carbonyl (C=O) groups is 1. The first kappa shape index (κ1) is 19.0. The Hall–Kier alpha value is -2.01. The van der Waals surface area contributed by atoms with Gasteiger partial charge in [0.1, 0.15) is 11.4 Å². The number of alkyl carbamates (subject to hydrolysis) is 1. The summed E-state index contributed by atoms with van der Waals surface area (Å²) in [4.78, 5) is 11.6. The minimum atomic E-state index is -0.520. The largest absolute Gasteiger partial charge is 0.497 e. The summed E-state index contributed by atoms with van der Waals surface area (Å²) in [5.41, 5.74) is 1.50. The summed E-state index contributed by atoms with van der Waals surface area (Å²) in [7, 11) is 1.61. The van der Waals surface area contributed by atoms with Crippen molar-refractivity contribution in [3.8, 4) is 5.75 Å². The number of ether oxygens (including phenoxy) is 2. The zero-order valence-corrected chi connectivity index (χ0v) is 14.6. The van der Waals surface area contributed by atoms with Crippen LogP contribution < -0.4 is 10.1 Å². The second-order valence-electron chi connectivity index (χ2n) is 6.34. The number of aliphatic hydroxyl groups is 1. The van der Waals surface area contributed by atoms with E-state index in [1.165, 1.54) is 0 Å². The van der Waals surface area contributed by atoms with Crippen molar-refractivity contribution in [3.63, 3.8) is 0 Å². The summed E-state index contributed by atoms with van der Waals surface area (Å²) < 4.78 is 10.4. The molecule has 0 unspecified atom stereocenters. The van der Waals surface area contributed by atoms with Gasteiger partial charge in [-0.15, -0.1) is 0 Å². The van der Waals surface area contributed by atoms with Gasteiger partial charge < -0.3 is 19.9 Å². The molecule has 0 fully saturated rings. The van der Waals surface area contributed by atoms with Gasteiger partial charge in [-0.25, -0.2) is 4.79 Å². The lowest BCUT2D eigenvalue weighted by Gasteiger charge is -2.19. The first-order chi connectivity index (χ1) is 10.7. The molecule has 0 aliphatic rings. The normalized spacial score (nSPS) is 13.0. The Kier molecular flexibility index (Phi) is 7.10. The third-order valence-corrected chi connectivity index (χ3v) is 2.97. The van der Waals surface area contributed by atoms with Crippen molar-refractivity contribution in [2.24, 2.45) is 0 Å². The summed E-state index contributed by atoms with van der Waals surface area (Å²) in [6.45, 7) is 7.65. The molecule has 0 aliphatic carbocycles. The molecule has 0 saturated heterocycles. The van der Waals surface area contributed by atoms with Crippen LogP contribution in [0.1, 0.15) is 38.8 Å². The van der Waals surface area contributed by atoms with Gasteiger partial charge in [0.2, 0.25) is 0 Å². The van der Waals surface area contributed by atoms with E-state index in [1.807, 2.05) is 45.0 Å². The Balaban J connectivity index is 2.70. The van der Waals surface area contributed by atoms with Crippen molar-refractivity contribution in [2.45, 2.75) is 45.8 Å². The summed E-state index contributed by atoms with van der Waals surface area (Å²) in [5, 5.41) is 12.1. The predicted molar refractivity (Wildman–Crippen MR) is 91.6 cm³/mol. The first-order valence-corrected chi connectivity index (χ1v) is 7.71. The molecular weight excluding hydrogens is 294 g/mol. The molecule has 0 aromatic heterocycles. The van der Waals surface area contributed by atoms with Gasteiger partial charge in [-0.2, -0.15) is 0 Å². The van der Waals surface area contributed by atoms with Crippen LogP contribution in [0.2, 0.25) is 0 Å². The molecule has 128 valence electrons. The number of hydrogen-bond acceptors (Lipinski definition) is 4. The fourth-order valence-corrected chi connectivity index (χ4v) is 1.94. The number of benzene rings is 1. The number of rotatable bonds is 6. The Morgan fingerprint density at radius 3 is 2.65 bits per heavy atom. The van der Waals surface area contributed by atoms with E-state index in [-0.39, 0.29) is 0 Å². The minimum absolute atomic E-state index is 0.424. The number of aliphatic hydroxyl groups excluding tert-OH is 1. The van der Waals surface area contributed by atoms with Crippen LogP contribution in [0.15, 0.2) is 24.3 Å². The maximum atomic E-state index is 11.6. The maximum Gasteiger partial charge on any atom is 0.407 e. The van der Waals surface area contributed by atoms with E-state index in [9.17, 15) is 9.90 Å². The second kappa shape index (κ2) is 8.58. The highest BCUT2D eigenvalue weighted by atomic mass is 16.6. The lowest BCUT2D eigenvalue weighted by Crippen LogP contribution is -2.33. The van der Waals surface area contributed by atoms with Crippen LogP contribution in [0.25, 0.3) is 6.08 Å². The molecule has 0 heterocycles. The van der Waals surface area contributed by atoms with E-state index in [0.29, 0.717) is 13.0 Å². The molecule has 0 bridgehead atoms. The topological polar surface area (TPSA) is 67.8 Å². The number of nitrogens with one attached hydrogen (secondary N) is 1. The molecule has 1 rings (SSSR count). The van der Waals surface area contributed by atoms with E-state index >= 15 is 0 Å². The van der Waals surface area contributed by atoms with Crippen LogP contribution in [0.4, 0.5) is 4.79 Å².